The molecule has 0 spiro atoms. The molecule has 0 saturated heterocycles. The highest BCUT2D eigenvalue weighted by Gasteiger charge is 2.11. The normalized spacial score (nSPS) is 11.4. The van der Waals surface area contributed by atoms with Gasteiger partial charge in [-0.1, -0.05) is 29.8 Å². The van der Waals surface area contributed by atoms with Crippen LogP contribution in [-0.4, -0.2) is 8.42 Å². The van der Waals surface area contributed by atoms with Crippen LogP contribution in [0.3, 0.4) is 0 Å². The Kier molecular flexibility index (Phi) is 4.56. The van der Waals surface area contributed by atoms with Crippen molar-refractivity contribution in [3.8, 4) is 0 Å². The van der Waals surface area contributed by atoms with Gasteiger partial charge in [0.15, 0.2) is 0 Å². The number of nitrogens with two attached hydrogens (primary N) is 1. The molecule has 21 heavy (non-hydrogen) atoms. The molecule has 4 nitrogen and oxygen atoms in total. The van der Waals surface area contributed by atoms with Crippen molar-refractivity contribution < 1.29 is 8.42 Å². The van der Waals surface area contributed by atoms with Gasteiger partial charge in [0.1, 0.15) is 0 Å². The number of benzene rings is 2. The summed E-state index contributed by atoms with van der Waals surface area (Å²) in [6.45, 7) is 4.63. The molecule has 0 aromatic heterocycles. The van der Waals surface area contributed by atoms with Crippen molar-refractivity contribution in [3.05, 3.63) is 58.1 Å². The molecule has 0 bridgehead atoms. The van der Waals surface area contributed by atoms with Crippen LogP contribution in [-0.2, 0) is 16.6 Å². The predicted octanol–water partition coefficient (Wildman–Crippen LogP) is 3.22. The maximum absolute atomic E-state index is 11.4. The molecule has 2 aromatic rings. The fourth-order valence-corrected chi connectivity index (χ4v) is 2.85. The zero-order valence-corrected chi connectivity index (χ0v) is 13.4. The molecule has 0 unspecified atom stereocenters. The van der Waals surface area contributed by atoms with Crippen LogP contribution >= 0.6 is 11.6 Å². The number of primary sulfonamides is 1. The first kappa shape index (κ1) is 15.8. The lowest BCUT2D eigenvalue weighted by Gasteiger charge is -2.13. The molecule has 112 valence electrons. The first-order chi connectivity index (χ1) is 9.79. The van der Waals surface area contributed by atoms with Gasteiger partial charge in [0, 0.05) is 6.54 Å². The number of hydrogen-bond acceptors (Lipinski definition) is 3. The summed E-state index contributed by atoms with van der Waals surface area (Å²) in [6.07, 6.45) is 0. The molecule has 0 radical (unpaired) electrons. The maximum atomic E-state index is 11.4. The first-order valence-corrected chi connectivity index (χ1v) is 8.33. The van der Waals surface area contributed by atoms with Gasteiger partial charge in [-0.15, -0.1) is 0 Å². The van der Waals surface area contributed by atoms with E-state index < -0.39 is 10.0 Å². The zero-order chi connectivity index (χ0) is 15.6. The van der Waals surface area contributed by atoms with E-state index in [4.69, 9.17) is 16.7 Å². The SMILES string of the molecule is Cc1cccc(C)c1CNc1cc(S(N)(=O)=O)ccc1Cl. The molecule has 2 rings (SSSR count). The Morgan fingerprint density at radius 1 is 1.14 bits per heavy atom. The summed E-state index contributed by atoms with van der Waals surface area (Å²) in [5.41, 5.74) is 4.04. The molecule has 0 atom stereocenters. The van der Waals surface area contributed by atoms with E-state index in [2.05, 4.69) is 5.32 Å². The molecule has 2 aromatic carbocycles. The number of hydrogen-bond donors (Lipinski definition) is 2. The fourth-order valence-electron chi connectivity index (χ4n) is 2.13. The maximum Gasteiger partial charge on any atom is 0.238 e. The number of aryl methyl sites for hydroxylation is 2. The topological polar surface area (TPSA) is 72.2 Å². The van der Waals surface area contributed by atoms with Crippen LogP contribution in [0.2, 0.25) is 5.02 Å². The van der Waals surface area contributed by atoms with Gasteiger partial charge >= 0.3 is 0 Å². The van der Waals surface area contributed by atoms with Crippen LogP contribution in [0, 0.1) is 13.8 Å². The fraction of sp³-hybridized carbons (Fsp3) is 0.200. The Morgan fingerprint density at radius 2 is 1.76 bits per heavy atom. The van der Waals surface area contributed by atoms with E-state index in [1.165, 1.54) is 29.3 Å². The van der Waals surface area contributed by atoms with Crippen LogP contribution in [0.15, 0.2) is 41.3 Å². The second-order valence-electron chi connectivity index (χ2n) is 4.91. The van der Waals surface area contributed by atoms with Gasteiger partial charge < -0.3 is 5.32 Å². The first-order valence-electron chi connectivity index (χ1n) is 6.40. The molecular formula is C15H17ClN2O2S. The summed E-state index contributed by atoms with van der Waals surface area (Å²) in [5.74, 6) is 0. The predicted molar refractivity (Wildman–Crippen MR) is 86.1 cm³/mol. The van der Waals surface area contributed by atoms with Gasteiger partial charge in [0.25, 0.3) is 0 Å². The van der Waals surface area contributed by atoms with Crippen molar-refractivity contribution >= 4 is 27.3 Å². The lowest BCUT2D eigenvalue weighted by molar-refractivity contribution is 0.598. The summed E-state index contributed by atoms with van der Waals surface area (Å²) >= 11 is 6.09. The van der Waals surface area contributed by atoms with Gasteiger partial charge in [0.05, 0.1) is 15.6 Å². The third-order valence-electron chi connectivity index (χ3n) is 3.37. The monoisotopic (exact) mass is 324 g/mol. The molecule has 0 aliphatic rings. The molecule has 0 amide bonds. The number of halogens is 1. The standard InChI is InChI=1S/C15H17ClN2O2S/c1-10-4-3-5-11(2)13(10)9-18-15-8-12(21(17,19)20)6-7-14(15)16/h3-8,18H,9H2,1-2H3,(H2,17,19,20). The van der Waals surface area contributed by atoms with Crippen molar-refractivity contribution in [1.29, 1.82) is 0 Å². The third kappa shape index (κ3) is 3.75. The third-order valence-corrected chi connectivity index (χ3v) is 4.61. The van der Waals surface area contributed by atoms with Gasteiger partial charge in [-0.2, -0.15) is 0 Å². The van der Waals surface area contributed by atoms with E-state index in [1.807, 2.05) is 32.0 Å². The van der Waals surface area contributed by atoms with Crippen molar-refractivity contribution in [2.45, 2.75) is 25.3 Å². The number of rotatable bonds is 4. The zero-order valence-electron chi connectivity index (χ0n) is 11.9. The molecule has 6 heteroatoms. The van der Waals surface area contributed by atoms with E-state index in [9.17, 15) is 8.42 Å². The van der Waals surface area contributed by atoms with Gasteiger partial charge in [-0.25, -0.2) is 13.6 Å². The van der Waals surface area contributed by atoms with Crippen LogP contribution < -0.4 is 10.5 Å². The summed E-state index contributed by atoms with van der Waals surface area (Å²) in [4.78, 5) is 0.0379. The average molecular weight is 325 g/mol. The molecule has 0 fully saturated rings. The molecule has 3 N–H and O–H groups in total. The van der Waals surface area contributed by atoms with Crippen LogP contribution in [0.1, 0.15) is 16.7 Å². The van der Waals surface area contributed by atoms with Gasteiger partial charge in [-0.05, 0) is 48.7 Å². The van der Waals surface area contributed by atoms with Crippen LogP contribution in [0.4, 0.5) is 5.69 Å². The second-order valence-corrected chi connectivity index (χ2v) is 6.88. The number of nitrogens with one attached hydrogen (secondary N) is 1. The summed E-state index contributed by atoms with van der Waals surface area (Å²) in [5, 5.41) is 8.76. The Hall–Kier alpha value is -1.56. The molecule has 0 saturated carbocycles. The Morgan fingerprint density at radius 3 is 2.33 bits per heavy atom. The Balaban J connectivity index is 2.28. The molecular weight excluding hydrogens is 308 g/mol. The smallest absolute Gasteiger partial charge is 0.238 e. The minimum atomic E-state index is -3.74. The van der Waals surface area contributed by atoms with Crippen LogP contribution in [0.5, 0.6) is 0 Å². The van der Waals surface area contributed by atoms with Gasteiger partial charge in [0.2, 0.25) is 10.0 Å². The van der Waals surface area contributed by atoms with Crippen molar-refractivity contribution in [2.75, 3.05) is 5.32 Å². The minimum absolute atomic E-state index is 0.0379. The average Bonchev–Trinajstić information content (AvgIpc) is 2.38. The second kappa shape index (κ2) is 6.05. The highest BCUT2D eigenvalue weighted by atomic mass is 35.5. The van der Waals surface area contributed by atoms with E-state index in [0.717, 1.165) is 5.56 Å². The molecule has 0 aliphatic heterocycles. The minimum Gasteiger partial charge on any atom is -0.380 e. The Labute approximate surface area is 130 Å². The van der Waals surface area contributed by atoms with Crippen LogP contribution in [0.25, 0.3) is 0 Å². The van der Waals surface area contributed by atoms with Crippen molar-refractivity contribution in [1.82, 2.24) is 0 Å². The summed E-state index contributed by atoms with van der Waals surface area (Å²) < 4.78 is 22.8. The number of anilines is 1. The molecule has 0 aliphatic carbocycles. The van der Waals surface area contributed by atoms with Crippen molar-refractivity contribution in [2.24, 2.45) is 5.14 Å². The van der Waals surface area contributed by atoms with E-state index >= 15 is 0 Å². The summed E-state index contributed by atoms with van der Waals surface area (Å²) in [7, 11) is -3.74. The lowest BCUT2D eigenvalue weighted by Crippen LogP contribution is -2.12. The largest absolute Gasteiger partial charge is 0.380 e. The summed E-state index contributed by atoms with van der Waals surface area (Å²) in [6, 6.07) is 10.4. The highest BCUT2D eigenvalue weighted by molar-refractivity contribution is 7.89. The van der Waals surface area contributed by atoms with E-state index in [0.29, 0.717) is 17.3 Å². The highest BCUT2D eigenvalue weighted by Crippen LogP contribution is 2.26. The lowest BCUT2D eigenvalue weighted by atomic mass is 10.0. The van der Waals surface area contributed by atoms with Crippen molar-refractivity contribution in [3.63, 3.8) is 0 Å². The number of sulfonamides is 1. The van der Waals surface area contributed by atoms with E-state index in [1.54, 1.807) is 0 Å². The van der Waals surface area contributed by atoms with E-state index in [-0.39, 0.29) is 4.90 Å². The molecule has 0 heterocycles. The quantitative estimate of drug-likeness (QED) is 0.907. The van der Waals surface area contributed by atoms with Gasteiger partial charge in [-0.3, -0.25) is 0 Å². The Bertz CT molecular complexity index is 753.